The van der Waals surface area contributed by atoms with E-state index in [1.54, 1.807) is 12.3 Å². The summed E-state index contributed by atoms with van der Waals surface area (Å²) in [5, 5.41) is 4.86. The summed E-state index contributed by atoms with van der Waals surface area (Å²) in [5.41, 5.74) is 2.73. The summed E-state index contributed by atoms with van der Waals surface area (Å²) < 4.78 is 0. The molecule has 0 fully saturated rings. The molecule has 6 heteroatoms. The van der Waals surface area contributed by atoms with E-state index in [0.717, 1.165) is 0 Å². The van der Waals surface area contributed by atoms with E-state index in [0.29, 0.717) is 16.1 Å². The first-order valence-corrected chi connectivity index (χ1v) is 5.18. The van der Waals surface area contributed by atoms with Gasteiger partial charge in [0, 0.05) is 12.3 Å². The zero-order valence-electron chi connectivity index (χ0n) is 7.28. The van der Waals surface area contributed by atoms with E-state index >= 15 is 0 Å². The van der Waals surface area contributed by atoms with Crippen molar-refractivity contribution in [1.29, 1.82) is 0 Å². The van der Waals surface area contributed by atoms with Crippen LogP contribution in [0.1, 0.15) is 6.92 Å². The number of nitrogens with zero attached hydrogens (tertiary/aromatic N) is 3. The highest BCUT2D eigenvalue weighted by atomic mass is 35.5. The predicted molar refractivity (Wildman–Crippen MR) is 56.6 cm³/mol. The lowest BCUT2D eigenvalue weighted by atomic mass is 10.6. The highest BCUT2D eigenvalue weighted by Crippen LogP contribution is 2.16. The van der Waals surface area contributed by atoms with Crippen LogP contribution in [0.4, 0.5) is 5.82 Å². The number of rotatable bonds is 3. The number of aromatic nitrogens is 2. The second-order valence-electron chi connectivity index (χ2n) is 2.06. The molecule has 0 atom stereocenters. The van der Waals surface area contributed by atoms with E-state index in [1.165, 1.54) is 11.8 Å². The molecule has 0 aliphatic rings. The Morgan fingerprint density at radius 1 is 1.62 bits per heavy atom. The summed E-state index contributed by atoms with van der Waals surface area (Å²) in [6.45, 7) is 1.81. The van der Waals surface area contributed by atoms with Gasteiger partial charge in [-0.15, -0.1) is 0 Å². The van der Waals surface area contributed by atoms with Gasteiger partial charge in [-0.1, -0.05) is 23.4 Å². The van der Waals surface area contributed by atoms with Crippen LogP contribution in [-0.4, -0.2) is 22.4 Å². The molecule has 1 aromatic rings. The van der Waals surface area contributed by atoms with Crippen LogP contribution in [0, 0.1) is 0 Å². The molecule has 1 N–H and O–H groups in total. The summed E-state index contributed by atoms with van der Waals surface area (Å²) in [5.74, 6) is 0.599. The van der Waals surface area contributed by atoms with Crippen LogP contribution in [0.2, 0.25) is 5.15 Å². The fourth-order valence-corrected chi connectivity index (χ4v) is 1.29. The minimum absolute atomic E-state index is 0.410. The first-order chi connectivity index (χ1) is 6.26. The van der Waals surface area contributed by atoms with Gasteiger partial charge in [-0.2, -0.15) is 5.10 Å². The Labute approximate surface area is 85.8 Å². The summed E-state index contributed by atoms with van der Waals surface area (Å²) in [6, 6.07) is 1.62. The van der Waals surface area contributed by atoms with Crippen LogP contribution < -0.4 is 5.43 Å². The maximum Gasteiger partial charge on any atom is 0.190 e. The van der Waals surface area contributed by atoms with E-state index in [1.807, 2.05) is 13.2 Å². The summed E-state index contributed by atoms with van der Waals surface area (Å²) in [4.78, 5) is 8.12. The van der Waals surface area contributed by atoms with Gasteiger partial charge in [-0.3, -0.25) is 5.43 Å². The number of nitrogens with one attached hydrogen (secondary N) is 1. The standard InChI is InChI=1S/C7H9ClN4S/c1-3-9-12-6-4-5(8)10-7(11-6)13-2/h3-4H,1-2H3,(H,10,11,12). The topological polar surface area (TPSA) is 50.2 Å². The molecule has 70 valence electrons. The Morgan fingerprint density at radius 2 is 2.38 bits per heavy atom. The smallest absolute Gasteiger partial charge is 0.190 e. The lowest BCUT2D eigenvalue weighted by Crippen LogP contribution is -1.95. The van der Waals surface area contributed by atoms with Crippen LogP contribution in [0.3, 0.4) is 0 Å². The number of hydrogen-bond acceptors (Lipinski definition) is 5. The van der Waals surface area contributed by atoms with Crippen molar-refractivity contribution in [2.45, 2.75) is 12.1 Å². The van der Waals surface area contributed by atoms with Crippen molar-refractivity contribution in [3.8, 4) is 0 Å². The second-order valence-corrected chi connectivity index (χ2v) is 3.22. The third kappa shape index (κ3) is 3.20. The minimum Gasteiger partial charge on any atom is -0.262 e. The highest BCUT2D eigenvalue weighted by molar-refractivity contribution is 7.98. The monoisotopic (exact) mass is 216 g/mol. The van der Waals surface area contributed by atoms with Crippen LogP contribution in [-0.2, 0) is 0 Å². The van der Waals surface area contributed by atoms with Gasteiger partial charge in [0.15, 0.2) is 11.0 Å². The maximum absolute atomic E-state index is 5.75. The Bertz CT molecular complexity index is 315. The molecular weight excluding hydrogens is 208 g/mol. The van der Waals surface area contributed by atoms with Gasteiger partial charge in [-0.05, 0) is 13.2 Å². The molecule has 0 saturated carbocycles. The van der Waals surface area contributed by atoms with Crippen molar-refractivity contribution < 1.29 is 0 Å². The van der Waals surface area contributed by atoms with Crippen molar-refractivity contribution in [3.63, 3.8) is 0 Å². The van der Waals surface area contributed by atoms with E-state index < -0.39 is 0 Å². The van der Waals surface area contributed by atoms with Crippen LogP contribution in [0.25, 0.3) is 0 Å². The van der Waals surface area contributed by atoms with Crippen molar-refractivity contribution in [2.24, 2.45) is 5.10 Å². The van der Waals surface area contributed by atoms with Gasteiger partial charge in [0.05, 0.1) is 0 Å². The molecule has 0 amide bonds. The highest BCUT2D eigenvalue weighted by Gasteiger charge is 2.00. The van der Waals surface area contributed by atoms with E-state index in [-0.39, 0.29) is 0 Å². The van der Waals surface area contributed by atoms with Crippen LogP contribution >= 0.6 is 23.4 Å². The zero-order chi connectivity index (χ0) is 9.68. The average Bonchev–Trinajstić information content (AvgIpc) is 2.14. The summed E-state index contributed by atoms with van der Waals surface area (Å²) in [6.07, 6.45) is 3.52. The summed E-state index contributed by atoms with van der Waals surface area (Å²) in [7, 11) is 0. The van der Waals surface area contributed by atoms with E-state index in [4.69, 9.17) is 11.6 Å². The van der Waals surface area contributed by atoms with Gasteiger partial charge in [0.25, 0.3) is 0 Å². The molecule has 0 saturated heterocycles. The number of thioether (sulfide) groups is 1. The fourth-order valence-electron chi connectivity index (χ4n) is 0.676. The first kappa shape index (κ1) is 10.3. The van der Waals surface area contributed by atoms with Gasteiger partial charge in [-0.25, -0.2) is 9.97 Å². The largest absolute Gasteiger partial charge is 0.262 e. The van der Waals surface area contributed by atoms with E-state index in [9.17, 15) is 0 Å². The molecule has 0 unspecified atom stereocenters. The molecular formula is C7H9ClN4S. The number of hydrazone groups is 1. The molecule has 0 spiro atoms. The number of halogens is 1. The molecule has 13 heavy (non-hydrogen) atoms. The third-order valence-electron chi connectivity index (χ3n) is 1.17. The Kier molecular flexibility index (Phi) is 3.98. The molecule has 0 aliphatic carbocycles. The van der Waals surface area contributed by atoms with Gasteiger partial charge < -0.3 is 0 Å². The lowest BCUT2D eigenvalue weighted by Gasteiger charge is -2.01. The fraction of sp³-hybridized carbons (Fsp3) is 0.286. The number of anilines is 1. The van der Waals surface area contributed by atoms with Crippen molar-refractivity contribution in [1.82, 2.24) is 9.97 Å². The molecule has 0 radical (unpaired) electrons. The second kappa shape index (κ2) is 5.04. The maximum atomic E-state index is 5.75. The van der Waals surface area contributed by atoms with Crippen molar-refractivity contribution in [2.75, 3.05) is 11.7 Å². The third-order valence-corrected chi connectivity index (χ3v) is 1.91. The SMILES string of the molecule is CC=NNc1cc(Cl)nc(SC)n1. The predicted octanol–water partition coefficient (Wildman–Crippen LogP) is 2.27. The average molecular weight is 217 g/mol. The molecule has 0 aromatic carbocycles. The zero-order valence-corrected chi connectivity index (χ0v) is 8.85. The van der Waals surface area contributed by atoms with E-state index in [2.05, 4.69) is 20.5 Å². The summed E-state index contributed by atoms with van der Waals surface area (Å²) >= 11 is 7.18. The Hall–Kier alpha value is -0.810. The molecule has 1 aromatic heterocycles. The molecule has 4 nitrogen and oxygen atoms in total. The lowest BCUT2D eigenvalue weighted by molar-refractivity contribution is 0.967. The molecule has 0 aliphatic heterocycles. The first-order valence-electron chi connectivity index (χ1n) is 3.58. The van der Waals surface area contributed by atoms with Gasteiger partial charge in [0.1, 0.15) is 5.15 Å². The molecule has 0 bridgehead atoms. The number of hydrogen-bond donors (Lipinski definition) is 1. The van der Waals surface area contributed by atoms with Gasteiger partial charge in [0.2, 0.25) is 0 Å². The van der Waals surface area contributed by atoms with Crippen LogP contribution in [0.15, 0.2) is 16.3 Å². The Balaban J connectivity index is 2.87. The molecule has 1 heterocycles. The quantitative estimate of drug-likeness (QED) is 0.277. The van der Waals surface area contributed by atoms with Crippen LogP contribution in [0.5, 0.6) is 0 Å². The minimum atomic E-state index is 0.410. The van der Waals surface area contributed by atoms with Gasteiger partial charge >= 0.3 is 0 Å². The molecule has 1 rings (SSSR count). The van der Waals surface area contributed by atoms with Crippen molar-refractivity contribution in [3.05, 3.63) is 11.2 Å². The Morgan fingerprint density at radius 3 is 3.00 bits per heavy atom. The van der Waals surface area contributed by atoms with Crippen molar-refractivity contribution >= 4 is 35.4 Å². The normalized spacial score (nSPS) is 10.7.